The van der Waals surface area contributed by atoms with Crippen molar-refractivity contribution in [1.29, 1.82) is 0 Å². The summed E-state index contributed by atoms with van der Waals surface area (Å²) in [5.74, 6) is -0.208. The van der Waals surface area contributed by atoms with Gasteiger partial charge in [-0.25, -0.2) is 4.79 Å². The molecule has 6 heteroatoms. The van der Waals surface area contributed by atoms with Crippen LogP contribution in [0.25, 0.3) is 0 Å². The van der Waals surface area contributed by atoms with E-state index in [2.05, 4.69) is 16.0 Å². The van der Waals surface area contributed by atoms with Crippen LogP contribution in [0.3, 0.4) is 0 Å². The van der Waals surface area contributed by atoms with Gasteiger partial charge in [0.2, 0.25) is 5.91 Å². The largest absolute Gasteiger partial charge is 0.369 e. The van der Waals surface area contributed by atoms with Gasteiger partial charge in [0.1, 0.15) is 6.61 Å². The molecule has 6 nitrogen and oxygen atoms in total. The summed E-state index contributed by atoms with van der Waals surface area (Å²) in [6.45, 7) is 3.76. The summed E-state index contributed by atoms with van der Waals surface area (Å²) in [4.78, 5) is 22.6. The molecule has 0 aliphatic heterocycles. The van der Waals surface area contributed by atoms with Crippen LogP contribution in [-0.2, 0) is 9.53 Å². The highest BCUT2D eigenvalue weighted by Crippen LogP contribution is 2.13. The fraction of sp³-hybridized carbons (Fsp3) is 0.385. The number of benzene rings is 1. The van der Waals surface area contributed by atoms with Crippen molar-refractivity contribution >= 4 is 23.3 Å². The second-order valence-corrected chi connectivity index (χ2v) is 4.19. The van der Waals surface area contributed by atoms with Crippen LogP contribution in [0.1, 0.15) is 13.8 Å². The molecule has 0 atom stereocenters. The van der Waals surface area contributed by atoms with Gasteiger partial charge in [0.15, 0.2) is 0 Å². The molecule has 0 aliphatic rings. The molecule has 1 rings (SSSR count). The molecule has 19 heavy (non-hydrogen) atoms. The van der Waals surface area contributed by atoms with Gasteiger partial charge in [-0.3, -0.25) is 4.79 Å². The van der Waals surface area contributed by atoms with Crippen molar-refractivity contribution in [1.82, 2.24) is 5.32 Å². The zero-order chi connectivity index (χ0) is 14.3. The monoisotopic (exact) mass is 265 g/mol. The van der Waals surface area contributed by atoms with E-state index in [0.29, 0.717) is 11.4 Å². The second kappa shape index (κ2) is 7.38. The van der Waals surface area contributed by atoms with Crippen molar-refractivity contribution in [3.05, 3.63) is 24.3 Å². The summed E-state index contributed by atoms with van der Waals surface area (Å²) in [7, 11) is 1.54. The predicted molar refractivity (Wildman–Crippen MR) is 74.2 cm³/mol. The maximum atomic E-state index is 11.5. The lowest BCUT2D eigenvalue weighted by atomic mass is 10.3. The van der Waals surface area contributed by atoms with Crippen LogP contribution in [0.5, 0.6) is 0 Å². The van der Waals surface area contributed by atoms with Gasteiger partial charge in [-0.05, 0) is 38.1 Å². The second-order valence-electron chi connectivity index (χ2n) is 4.19. The van der Waals surface area contributed by atoms with E-state index >= 15 is 0 Å². The molecule has 0 saturated heterocycles. The molecule has 0 heterocycles. The lowest BCUT2D eigenvalue weighted by Crippen LogP contribution is -2.24. The van der Waals surface area contributed by atoms with Crippen LogP contribution in [-0.4, -0.2) is 31.7 Å². The van der Waals surface area contributed by atoms with Crippen LogP contribution in [0.2, 0.25) is 0 Å². The average Bonchev–Trinajstić information content (AvgIpc) is 2.38. The molecule has 0 saturated carbocycles. The number of hydrogen-bond acceptors (Lipinski definition) is 3. The highest BCUT2D eigenvalue weighted by molar-refractivity contribution is 5.92. The molecule has 0 aliphatic carbocycles. The Kier molecular flexibility index (Phi) is 5.81. The van der Waals surface area contributed by atoms with Gasteiger partial charge in [0, 0.05) is 18.4 Å². The molecule has 1 aromatic carbocycles. The molecule has 0 aromatic heterocycles. The third-order valence-corrected chi connectivity index (χ3v) is 2.20. The molecule has 3 amide bonds. The van der Waals surface area contributed by atoms with Crippen molar-refractivity contribution in [3.63, 3.8) is 0 Å². The quantitative estimate of drug-likeness (QED) is 0.759. The SMILES string of the molecule is CNC(=O)Nc1ccc(NC(=O)COC(C)C)cc1. The summed E-state index contributed by atoms with van der Waals surface area (Å²) in [6, 6.07) is 6.53. The van der Waals surface area contributed by atoms with Crippen molar-refractivity contribution in [2.45, 2.75) is 20.0 Å². The van der Waals surface area contributed by atoms with Gasteiger partial charge in [0.25, 0.3) is 0 Å². The van der Waals surface area contributed by atoms with E-state index in [1.54, 1.807) is 31.3 Å². The Morgan fingerprint density at radius 1 is 1.11 bits per heavy atom. The first-order valence-electron chi connectivity index (χ1n) is 6.01. The number of carbonyl (C=O) groups excluding carboxylic acids is 2. The van der Waals surface area contributed by atoms with Crippen LogP contribution in [0.15, 0.2) is 24.3 Å². The van der Waals surface area contributed by atoms with Crippen molar-refractivity contribution in [3.8, 4) is 0 Å². The molecule has 0 bridgehead atoms. The third kappa shape index (κ3) is 5.87. The minimum Gasteiger partial charge on any atom is -0.369 e. The lowest BCUT2D eigenvalue weighted by Gasteiger charge is -2.09. The number of rotatable bonds is 5. The summed E-state index contributed by atoms with van der Waals surface area (Å²) in [5, 5.41) is 7.78. The van der Waals surface area contributed by atoms with Gasteiger partial charge >= 0.3 is 6.03 Å². The molecular formula is C13H19N3O3. The van der Waals surface area contributed by atoms with Gasteiger partial charge in [0.05, 0.1) is 6.10 Å². The standard InChI is InChI=1S/C13H19N3O3/c1-9(2)19-8-12(17)15-10-4-6-11(7-5-10)16-13(18)14-3/h4-7,9H,8H2,1-3H3,(H,15,17)(H2,14,16,18). The summed E-state index contributed by atoms with van der Waals surface area (Å²) < 4.78 is 5.19. The average molecular weight is 265 g/mol. The summed E-state index contributed by atoms with van der Waals surface area (Å²) in [5.41, 5.74) is 1.30. The molecule has 0 fully saturated rings. The van der Waals surface area contributed by atoms with Crippen LogP contribution >= 0.6 is 0 Å². The minimum absolute atomic E-state index is 0.0184. The maximum absolute atomic E-state index is 11.5. The Bertz CT molecular complexity index is 429. The van der Waals surface area contributed by atoms with Crippen LogP contribution in [0, 0.1) is 0 Å². The highest BCUT2D eigenvalue weighted by Gasteiger charge is 2.04. The zero-order valence-electron chi connectivity index (χ0n) is 11.3. The number of ether oxygens (including phenoxy) is 1. The van der Waals surface area contributed by atoms with Crippen molar-refractivity contribution < 1.29 is 14.3 Å². The van der Waals surface area contributed by atoms with Crippen molar-refractivity contribution in [2.24, 2.45) is 0 Å². The maximum Gasteiger partial charge on any atom is 0.318 e. The molecular weight excluding hydrogens is 246 g/mol. The Balaban J connectivity index is 2.47. The Labute approximate surface area is 112 Å². The smallest absolute Gasteiger partial charge is 0.318 e. The van der Waals surface area contributed by atoms with E-state index in [4.69, 9.17) is 4.74 Å². The Hall–Kier alpha value is -2.08. The number of hydrogen-bond donors (Lipinski definition) is 3. The van der Waals surface area contributed by atoms with Crippen LogP contribution < -0.4 is 16.0 Å². The number of urea groups is 1. The van der Waals surface area contributed by atoms with Gasteiger partial charge in [-0.1, -0.05) is 0 Å². The van der Waals surface area contributed by atoms with Crippen molar-refractivity contribution in [2.75, 3.05) is 24.3 Å². The molecule has 0 unspecified atom stereocenters. The molecule has 0 radical (unpaired) electrons. The van der Waals surface area contributed by atoms with Gasteiger partial charge in [-0.15, -0.1) is 0 Å². The fourth-order valence-electron chi connectivity index (χ4n) is 1.27. The van der Waals surface area contributed by atoms with E-state index in [1.165, 1.54) is 0 Å². The summed E-state index contributed by atoms with van der Waals surface area (Å²) >= 11 is 0. The number of anilines is 2. The first kappa shape index (κ1) is 15.0. The first-order valence-corrected chi connectivity index (χ1v) is 6.01. The molecule has 0 spiro atoms. The van der Waals surface area contributed by atoms with E-state index in [9.17, 15) is 9.59 Å². The number of amides is 3. The lowest BCUT2D eigenvalue weighted by molar-refractivity contribution is -0.121. The third-order valence-electron chi connectivity index (χ3n) is 2.20. The number of carbonyl (C=O) groups is 2. The molecule has 104 valence electrons. The van der Waals surface area contributed by atoms with E-state index in [0.717, 1.165) is 0 Å². The van der Waals surface area contributed by atoms with Gasteiger partial charge < -0.3 is 20.7 Å². The minimum atomic E-state index is -0.290. The normalized spacial score (nSPS) is 10.1. The fourth-order valence-corrected chi connectivity index (χ4v) is 1.27. The van der Waals surface area contributed by atoms with Crippen LogP contribution in [0.4, 0.5) is 16.2 Å². The Morgan fingerprint density at radius 3 is 2.11 bits per heavy atom. The van der Waals surface area contributed by atoms with E-state index in [1.807, 2.05) is 13.8 Å². The highest BCUT2D eigenvalue weighted by atomic mass is 16.5. The van der Waals surface area contributed by atoms with E-state index < -0.39 is 0 Å². The molecule has 1 aromatic rings. The number of nitrogens with one attached hydrogen (secondary N) is 3. The predicted octanol–water partition coefficient (Wildman–Crippen LogP) is 1.80. The van der Waals surface area contributed by atoms with Gasteiger partial charge in [-0.2, -0.15) is 0 Å². The van der Waals surface area contributed by atoms with E-state index in [-0.39, 0.29) is 24.6 Å². The first-order chi connectivity index (χ1) is 9.01. The summed E-state index contributed by atoms with van der Waals surface area (Å²) in [6.07, 6.45) is 0.0184. The topological polar surface area (TPSA) is 79.5 Å². The Morgan fingerprint density at radius 2 is 1.63 bits per heavy atom. The zero-order valence-corrected chi connectivity index (χ0v) is 11.3. The molecule has 3 N–H and O–H groups in total.